The van der Waals surface area contributed by atoms with E-state index in [-0.39, 0.29) is 17.6 Å². The average molecular weight is 498 g/mol. The number of para-hydroxylation sites is 1. The van der Waals surface area contributed by atoms with E-state index in [4.69, 9.17) is 14.8 Å². The van der Waals surface area contributed by atoms with Crippen LogP contribution in [-0.2, 0) is 4.74 Å². The Bertz CT molecular complexity index is 1620. The maximum absolute atomic E-state index is 13.5. The van der Waals surface area contributed by atoms with Crippen LogP contribution < -0.4 is 15.8 Å². The van der Waals surface area contributed by atoms with Crippen molar-refractivity contribution in [2.45, 2.75) is 32.9 Å². The quantitative estimate of drug-likeness (QED) is 0.310. The minimum absolute atomic E-state index is 0.124. The highest BCUT2D eigenvalue weighted by Crippen LogP contribution is 2.34. The summed E-state index contributed by atoms with van der Waals surface area (Å²) < 4.78 is 7.44. The third-order valence-corrected chi connectivity index (χ3v) is 6.96. The van der Waals surface area contributed by atoms with E-state index < -0.39 is 0 Å². The van der Waals surface area contributed by atoms with Crippen LogP contribution in [0.15, 0.2) is 59.5 Å². The molecule has 1 aliphatic heterocycles. The van der Waals surface area contributed by atoms with Crippen LogP contribution in [0.1, 0.15) is 38.5 Å². The van der Waals surface area contributed by atoms with Gasteiger partial charge in [0, 0.05) is 36.4 Å². The summed E-state index contributed by atoms with van der Waals surface area (Å²) in [5.74, 6) is 0.531. The Labute approximate surface area is 214 Å². The van der Waals surface area contributed by atoms with Gasteiger partial charge in [0.05, 0.1) is 47.2 Å². The number of benzene rings is 2. The van der Waals surface area contributed by atoms with Crippen LogP contribution in [0.25, 0.3) is 33.3 Å². The molecule has 6 rings (SSSR count). The number of imidazole rings is 1. The molecule has 0 radical (unpaired) electrons. The van der Waals surface area contributed by atoms with Crippen molar-refractivity contribution >= 4 is 33.3 Å². The van der Waals surface area contributed by atoms with E-state index in [1.807, 2.05) is 47.3 Å². The molecule has 1 aliphatic rings. The fourth-order valence-corrected chi connectivity index (χ4v) is 4.91. The van der Waals surface area contributed by atoms with Crippen molar-refractivity contribution in [3.8, 4) is 11.4 Å². The number of hydrogen-bond donors (Lipinski definition) is 3. The van der Waals surface area contributed by atoms with Gasteiger partial charge in [0.1, 0.15) is 11.4 Å². The van der Waals surface area contributed by atoms with Crippen molar-refractivity contribution < 1.29 is 4.74 Å². The van der Waals surface area contributed by atoms with Crippen LogP contribution in [-0.4, -0.2) is 51.0 Å². The van der Waals surface area contributed by atoms with Gasteiger partial charge in [0.2, 0.25) is 0 Å². The minimum atomic E-state index is -0.200. The summed E-state index contributed by atoms with van der Waals surface area (Å²) in [5.41, 5.74) is 5.51. The second kappa shape index (κ2) is 9.40. The molecule has 37 heavy (non-hydrogen) atoms. The summed E-state index contributed by atoms with van der Waals surface area (Å²) in [6.45, 7) is 9.42. The predicted molar refractivity (Wildman–Crippen MR) is 147 cm³/mol. The van der Waals surface area contributed by atoms with Gasteiger partial charge in [-0.2, -0.15) is 5.10 Å². The number of pyridine rings is 1. The number of hydrogen-bond acceptors (Lipinski definition) is 6. The van der Waals surface area contributed by atoms with Gasteiger partial charge in [-0.15, -0.1) is 0 Å². The van der Waals surface area contributed by atoms with E-state index in [0.717, 1.165) is 65.3 Å². The zero-order valence-electron chi connectivity index (χ0n) is 21.3. The van der Waals surface area contributed by atoms with Crippen LogP contribution >= 0.6 is 0 Å². The van der Waals surface area contributed by atoms with Crippen molar-refractivity contribution in [3.63, 3.8) is 0 Å². The number of anilines is 2. The lowest BCUT2D eigenvalue weighted by Crippen LogP contribution is -2.36. The Morgan fingerprint density at radius 2 is 1.81 bits per heavy atom. The molecule has 9 nitrogen and oxygen atoms in total. The highest BCUT2D eigenvalue weighted by atomic mass is 16.5. The smallest absolute Gasteiger partial charge is 0.261 e. The van der Waals surface area contributed by atoms with Gasteiger partial charge in [-0.3, -0.25) is 9.48 Å². The third-order valence-electron chi connectivity index (χ3n) is 6.96. The number of nitrogens with zero attached hydrogens (tertiary/aromatic N) is 4. The lowest BCUT2D eigenvalue weighted by Gasteiger charge is -2.28. The first-order chi connectivity index (χ1) is 18.0. The van der Waals surface area contributed by atoms with Gasteiger partial charge in [0.25, 0.3) is 5.56 Å². The van der Waals surface area contributed by atoms with Crippen LogP contribution in [0.4, 0.5) is 11.4 Å². The molecule has 1 atom stereocenters. The van der Waals surface area contributed by atoms with Crippen molar-refractivity contribution in [3.05, 3.63) is 70.8 Å². The first-order valence-corrected chi connectivity index (χ1v) is 12.8. The molecule has 2 aromatic carbocycles. The zero-order valence-corrected chi connectivity index (χ0v) is 21.3. The minimum Gasteiger partial charge on any atom is -0.378 e. The molecule has 0 saturated carbocycles. The van der Waals surface area contributed by atoms with Crippen molar-refractivity contribution in [2.24, 2.45) is 0 Å². The molecular weight excluding hydrogens is 466 g/mol. The highest BCUT2D eigenvalue weighted by Gasteiger charge is 2.21. The normalized spacial score (nSPS) is 15.1. The molecule has 3 N–H and O–H groups in total. The monoisotopic (exact) mass is 497 g/mol. The molecule has 190 valence electrons. The lowest BCUT2D eigenvalue weighted by atomic mass is 10.1. The number of fused-ring (bicyclic) bond motifs is 2. The summed E-state index contributed by atoms with van der Waals surface area (Å²) in [5, 5.41) is 9.24. The maximum atomic E-state index is 13.5. The van der Waals surface area contributed by atoms with Crippen molar-refractivity contribution in [2.75, 3.05) is 36.5 Å². The molecule has 0 aliphatic carbocycles. The van der Waals surface area contributed by atoms with Crippen LogP contribution in [0.5, 0.6) is 0 Å². The van der Waals surface area contributed by atoms with Crippen molar-refractivity contribution in [1.82, 2.24) is 24.7 Å². The van der Waals surface area contributed by atoms with Gasteiger partial charge in [0.15, 0.2) is 0 Å². The molecule has 9 heteroatoms. The topological polar surface area (TPSA) is 104 Å². The molecule has 4 heterocycles. The molecule has 0 spiro atoms. The first kappa shape index (κ1) is 23.3. The van der Waals surface area contributed by atoms with Crippen molar-refractivity contribution in [1.29, 1.82) is 0 Å². The molecule has 0 amide bonds. The Kier molecular flexibility index (Phi) is 5.92. The fraction of sp³-hybridized carbons (Fsp3) is 0.321. The van der Waals surface area contributed by atoms with Crippen LogP contribution in [0, 0.1) is 0 Å². The van der Waals surface area contributed by atoms with Gasteiger partial charge in [-0.05, 0) is 51.1 Å². The Morgan fingerprint density at radius 1 is 1.00 bits per heavy atom. The number of aromatic nitrogens is 5. The SMILES string of the molecule is CC(Nc1c(-c2nc3ccc(N4CCOCC4)cc3[nH]2)c(=O)[nH]c2ccccc12)c1ccn(C(C)C)n1. The van der Waals surface area contributed by atoms with Gasteiger partial charge >= 0.3 is 0 Å². The number of ether oxygens (including phenoxy) is 1. The second-order valence-corrected chi connectivity index (χ2v) is 9.82. The summed E-state index contributed by atoms with van der Waals surface area (Å²) >= 11 is 0. The molecule has 5 aromatic rings. The summed E-state index contributed by atoms with van der Waals surface area (Å²) in [6, 6.07) is 16.2. The summed E-state index contributed by atoms with van der Waals surface area (Å²) in [6.07, 6.45) is 1.99. The molecule has 3 aromatic heterocycles. The lowest BCUT2D eigenvalue weighted by molar-refractivity contribution is 0.122. The van der Waals surface area contributed by atoms with E-state index >= 15 is 0 Å². The molecule has 1 unspecified atom stereocenters. The Balaban J connectivity index is 1.44. The number of H-pyrrole nitrogens is 2. The third kappa shape index (κ3) is 4.35. The van der Waals surface area contributed by atoms with E-state index in [2.05, 4.69) is 53.1 Å². The van der Waals surface area contributed by atoms with Crippen LogP contribution in [0.3, 0.4) is 0 Å². The maximum Gasteiger partial charge on any atom is 0.261 e. The largest absolute Gasteiger partial charge is 0.378 e. The molecule has 1 saturated heterocycles. The Hall–Kier alpha value is -4.11. The average Bonchev–Trinajstić information content (AvgIpc) is 3.56. The highest BCUT2D eigenvalue weighted by molar-refractivity contribution is 5.99. The fourth-order valence-electron chi connectivity index (χ4n) is 4.91. The zero-order chi connectivity index (χ0) is 25.5. The number of aromatic amines is 2. The van der Waals surface area contributed by atoms with E-state index in [1.54, 1.807) is 0 Å². The number of nitrogens with one attached hydrogen (secondary N) is 3. The second-order valence-electron chi connectivity index (χ2n) is 9.82. The van der Waals surface area contributed by atoms with Gasteiger partial charge in [-0.1, -0.05) is 18.2 Å². The summed E-state index contributed by atoms with van der Waals surface area (Å²) in [4.78, 5) is 27.0. The van der Waals surface area contributed by atoms with E-state index in [0.29, 0.717) is 11.4 Å². The van der Waals surface area contributed by atoms with Gasteiger partial charge in [-0.25, -0.2) is 4.98 Å². The van der Waals surface area contributed by atoms with Gasteiger partial charge < -0.3 is 24.9 Å². The molecule has 0 bridgehead atoms. The number of rotatable bonds is 6. The summed E-state index contributed by atoms with van der Waals surface area (Å²) in [7, 11) is 0. The molecular formula is C28H31N7O2. The first-order valence-electron chi connectivity index (χ1n) is 12.8. The predicted octanol–water partition coefficient (Wildman–Crippen LogP) is 4.86. The molecule has 1 fully saturated rings. The van der Waals surface area contributed by atoms with Crippen LogP contribution in [0.2, 0.25) is 0 Å². The van der Waals surface area contributed by atoms with E-state index in [1.165, 1.54) is 0 Å². The standard InChI is InChI=1S/C28H31N7O2/c1-17(2)35-11-10-21(33-35)18(3)29-26-20-6-4-5-7-22(20)32-28(36)25(26)27-30-23-9-8-19(16-24(23)31-27)34-12-14-37-15-13-34/h4-11,16-18H,12-15H2,1-3H3,(H,30,31)(H2,29,32,36). The number of morpholine rings is 1. The Morgan fingerprint density at radius 3 is 2.59 bits per heavy atom. The van der Waals surface area contributed by atoms with E-state index in [9.17, 15) is 4.79 Å².